The van der Waals surface area contributed by atoms with Gasteiger partial charge in [0.05, 0.1) is 17.1 Å². The highest BCUT2D eigenvalue weighted by Gasteiger charge is 2.34. The summed E-state index contributed by atoms with van der Waals surface area (Å²) in [6.45, 7) is 1.84. The van der Waals surface area contributed by atoms with E-state index in [0.717, 1.165) is 11.6 Å². The molecule has 0 bridgehead atoms. The molecular formula is C20H16F3N5. The van der Waals surface area contributed by atoms with Gasteiger partial charge in [-0.15, -0.1) is 0 Å². The van der Waals surface area contributed by atoms with Crippen molar-refractivity contribution in [1.29, 1.82) is 0 Å². The molecule has 8 heteroatoms. The fourth-order valence-corrected chi connectivity index (χ4v) is 2.93. The van der Waals surface area contributed by atoms with E-state index in [9.17, 15) is 13.2 Å². The molecule has 2 aromatic heterocycles. The molecule has 0 saturated carbocycles. The van der Waals surface area contributed by atoms with Gasteiger partial charge in [-0.3, -0.25) is 4.57 Å². The molecule has 4 aromatic rings. The van der Waals surface area contributed by atoms with E-state index in [1.807, 2.05) is 43.3 Å². The molecule has 4 rings (SSSR count). The maximum absolute atomic E-state index is 13.4. The maximum atomic E-state index is 13.4. The van der Waals surface area contributed by atoms with Crippen LogP contribution in [0.15, 0.2) is 67.0 Å². The van der Waals surface area contributed by atoms with Crippen molar-refractivity contribution in [2.75, 3.05) is 5.32 Å². The quantitative estimate of drug-likeness (QED) is 0.538. The van der Waals surface area contributed by atoms with Crippen LogP contribution in [0.1, 0.15) is 24.2 Å². The van der Waals surface area contributed by atoms with E-state index in [1.165, 1.54) is 10.9 Å². The summed E-state index contributed by atoms with van der Waals surface area (Å²) in [4.78, 5) is 12.2. The van der Waals surface area contributed by atoms with Crippen molar-refractivity contribution in [3.63, 3.8) is 0 Å². The predicted octanol–water partition coefficient (Wildman–Crippen LogP) is 5.01. The highest BCUT2D eigenvalue weighted by molar-refractivity contribution is 5.76. The number of para-hydroxylation sites is 2. The molecular weight excluding hydrogens is 367 g/mol. The Morgan fingerprint density at radius 2 is 1.68 bits per heavy atom. The number of nitrogens with one attached hydrogen (secondary N) is 1. The van der Waals surface area contributed by atoms with E-state index in [1.54, 1.807) is 18.2 Å². The summed E-state index contributed by atoms with van der Waals surface area (Å²) in [7, 11) is 0. The first kappa shape index (κ1) is 18.0. The van der Waals surface area contributed by atoms with E-state index in [4.69, 9.17) is 0 Å². The van der Waals surface area contributed by atoms with E-state index >= 15 is 0 Å². The molecule has 0 aliphatic heterocycles. The molecule has 0 radical (unpaired) electrons. The number of benzene rings is 2. The van der Waals surface area contributed by atoms with Crippen molar-refractivity contribution in [2.45, 2.75) is 19.1 Å². The number of imidazole rings is 1. The molecule has 1 N–H and O–H groups in total. The molecule has 142 valence electrons. The van der Waals surface area contributed by atoms with E-state index < -0.39 is 11.9 Å². The lowest BCUT2D eigenvalue weighted by Gasteiger charge is -2.17. The highest BCUT2D eigenvalue weighted by Crippen LogP contribution is 2.30. The summed E-state index contributed by atoms with van der Waals surface area (Å²) in [6, 6.07) is 17.2. The van der Waals surface area contributed by atoms with Crippen LogP contribution >= 0.6 is 0 Å². The molecule has 0 aliphatic carbocycles. The molecule has 2 aromatic carbocycles. The summed E-state index contributed by atoms with van der Waals surface area (Å²) < 4.78 is 41.8. The van der Waals surface area contributed by atoms with Crippen molar-refractivity contribution >= 4 is 17.0 Å². The van der Waals surface area contributed by atoms with Gasteiger partial charge in [0.15, 0.2) is 5.69 Å². The van der Waals surface area contributed by atoms with Crippen LogP contribution in [-0.2, 0) is 6.18 Å². The topological polar surface area (TPSA) is 55.6 Å². The summed E-state index contributed by atoms with van der Waals surface area (Å²) in [6.07, 6.45) is -3.14. The Kier molecular flexibility index (Phi) is 4.46. The second-order valence-corrected chi connectivity index (χ2v) is 6.31. The third kappa shape index (κ3) is 3.53. The molecule has 28 heavy (non-hydrogen) atoms. The molecule has 0 spiro atoms. The lowest BCUT2D eigenvalue weighted by Crippen LogP contribution is -2.16. The maximum Gasteiger partial charge on any atom is 0.433 e. The number of hydrogen-bond donors (Lipinski definition) is 1. The monoisotopic (exact) mass is 383 g/mol. The van der Waals surface area contributed by atoms with Gasteiger partial charge in [0.2, 0.25) is 5.95 Å². The van der Waals surface area contributed by atoms with Crippen LogP contribution in [0.4, 0.5) is 19.1 Å². The fourth-order valence-electron chi connectivity index (χ4n) is 2.93. The Bertz CT molecular complexity index is 1110. The van der Waals surface area contributed by atoms with E-state index in [-0.39, 0.29) is 17.8 Å². The minimum absolute atomic E-state index is 0.0961. The standard InChI is InChI=1S/C20H16F3N5/c1-13(14-7-3-2-4-8-14)25-19-26-17(20(21,22)23)11-18(27-19)28-12-24-15-9-5-6-10-16(15)28/h2-13H,1H3,(H,25,26,27). The largest absolute Gasteiger partial charge is 0.433 e. The van der Waals surface area contributed by atoms with Gasteiger partial charge in [-0.25, -0.2) is 9.97 Å². The zero-order valence-electron chi connectivity index (χ0n) is 14.9. The molecule has 0 amide bonds. The predicted molar refractivity (Wildman–Crippen MR) is 100 cm³/mol. The van der Waals surface area contributed by atoms with Gasteiger partial charge in [0.1, 0.15) is 12.1 Å². The van der Waals surface area contributed by atoms with Gasteiger partial charge in [-0.05, 0) is 24.6 Å². The van der Waals surface area contributed by atoms with Crippen LogP contribution in [0, 0.1) is 0 Å². The number of nitrogens with zero attached hydrogens (tertiary/aromatic N) is 4. The number of aromatic nitrogens is 4. The summed E-state index contributed by atoms with van der Waals surface area (Å²) >= 11 is 0. The van der Waals surface area contributed by atoms with Crippen molar-refractivity contribution in [3.8, 4) is 5.82 Å². The summed E-state index contributed by atoms with van der Waals surface area (Å²) in [5.74, 6) is -0.00209. The van der Waals surface area contributed by atoms with Gasteiger partial charge >= 0.3 is 6.18 Å². The molecule has 1 atom stereocenters. The third-order valence-electron chi connectivity index (χ3n) is 4.35. The Morgan fingerprint density at radius 1 is 0.964 bits per heavy atom. The lowest BCUT2D eigenvalue weighted by molar-refractivity contribution is -0.141. The van der Waals surface area contributed by atoms with Gasteiger partial charge in [-0.1, -0.05) is 42.5 Å². The number of anilines is 1. The molecule has 0 saturated heterocycles. The van der Waals surface area contributed by atoms with Crippen LogP contribution in [0.3, 0.4) is 0 Å². The smallest absolute Gasteiger partial charge is 0.348 e. The number of halogens is 3. The first-order valence-electron chi connectivity index (χ1n) is 8.62. The zero-order valence-corrected chi connectivity index (χ0v) is 14.9. The second kappa shape index (κ2) is 6.95. The Labute approximate surface area is 158 Å². The summed E-state index contributed by atoms with van der Waals surface area (Å²) in [5, 5.41) is 2.97. The first-order chi connectivity index (χ1) is 13.4. The average molecular weight is 383 g/mol. The molecule has 0 fully saturated rings. The van der Waals surface area contributed by atoms with Gasteiger partial charge in [0, 0.05) is 6.07 Å². The van der Waals surface area contributed by atoms with Crippen LogP contribution in [0.2, 0.25) is 0 Å². The van der Waals surface area contributed by atoms with Gasteiger partial charge in [0.25, 0.3) is 0 Å². The molecule has 1 unspecified atom stereocenters. The number of rotatable bonds is 4. The zero-order chi connectivity index (χ0) is 19.7. The van der Waals surface area contributed by atoms with Crippen LogP contribution < -0.4 is 5.32 Å². The van der Waals surface area contributed by atoms with Crippen LogP contribution in [0.5, 0.6) is 0 Å². The minimum Gasteiger partial charge on any atom is -0.348 e. The van der Waals surface area contributed by atoms with Crippen LogP contribution in [0.25, 0.3) is 16.9 Å². The molecule has 5 nitrogen and oxygen atoms in total. The highest BCUT2D eigenvalue weighted by atomic mass is 19.4. The first-order valence-corrected chi connectivity index (χ1v) is 8.62. The van der Waals surface area contributed by atoms with Crippen LogP contribution in [-0.4, -0.2) is 19.5 Å². The Balaban J connectivity index is 1.78. The van der Waals surface area contributed by atoms with Crippen molar-refractivity contribution in [2.24, 2.45) is 0 Å². The van der Waals surface area contributed by atoms with Gasteiger partial charge in [-0.2, -0.15) is 18.2 Å². The van der Waals surface area contributed by atoms with Crippen molar-refractivity contribution in [3.05, 3.63) is 78.2 Å². The van der Waals surface area contributed by atoms with E-state index in [2.05, 4.69) is 20.3 Å². The van der Waals surface area contributed by atoms with Crippen molar-refractivity contribution < 1.29 is 13.2 Å². The average Bonchev–Trinajstić information content (AvgIpc) is 3.12. The minimum atomic E-state index is -4.60. The normalized spacial score (nSPS) is 12.9. The van der Waals surface area contributed by atoms with Gasteiger partial charge < -0.3 is 5.32 Å². The summed E-state index contributed by atoms with van der Waals surface area (Å²) in [5.41, 5.74) is 1.23. The molecule has 2 heterocycles. The number of hydrogen-bond acceptors (Lipinski definition) is 4. The SMILES string of the molecule is CC(Nc1nc(-n2cnc3ccccc32)cc(C(F)(F)F)n1)c1ccccc1. The lowest BCUT2D eigenvalue weighted by atomic mass is 10.1. The molecule has 0 aliphatic rings. The Morgan fingerprint density at radius 3 is 2.43 bits per heavy atom. The van der Waals surface area contributed by atoms with Crippen molar-refractivity contribution in [1.82, 2.24) is 19.5 Å². The number of alkyl halides is 3. The fraction of sp³-hybridized carbons (Fsp3) is 0.150. The Hall–Kier alpha value is -3.42. The second-order valence-electron chi connectivity index (χ2n) is 6.31. The third-order valence-corrected chi connectivity index (χ3v) is 4.35. The number of fused-ring (bicyclic) bond motifs is 1. The van der Waals surface area contributed by atoms with E-state index in [0.29, 0.717) is 11.0 Å².